The van der Waals surface area contributed by atoms with Gasteiger partial charge in [0.15, 0.2) is 0 Å². The van der Waals surface area contributed by atoms with Crippen LogP contribution in [0.4, 0.5) is 114 Å². The van der Waals surface area contributed by atoms with Crippen molar-refractivity contribution in [3.05, 3.63) is 438 Å². The molecular weight excluding hydrogens is 1630 g/mol. The van der Waals surface area contributed by atoms with Crippen LogP contribution in [0.25, 0.3) is 0 Å². The van der Waals surface area contributed by atoms with Crippen LogP contribution in [0, 0.1) is 18.8 Å². The van der Waals surface area contributed by atoms with Crippen molar-refractivity contribution in [1.82, 2.24) is 19.8 Å². The van der Waals surface area contributed by atoms with Gasteiger partial charge in [0.05, 0.1) is 29.4 Å². The molecule has 0 unspecified atom stereocenters. The molecule has 20 rings (SSSR count). The third kappa shape index (κ3) is 15.4. The van der Waals surface area contributed by atoms with Gasteiger partial charge in [-0.15, -0.1) is 42.1 Å². The van der Waals surface area contributed by atoms with Crippen LogP contribution in [0.1, 0.15) is 0 Å². The molecule has 6 heterocycles. The van der Waals surface area contributed by atoms with Gasteiger partial charge in [0.1, 0.15) is 23.1 Å². The maximum atomic E-state index is 6.60. The summed E-state index contributed by atoms with van der Waals surface area (Å²) in [7, 11) is 4.06. The maximum absolute atomic E-state index is 6.60. The molecular formula is C102H78BN12O2Pt-3. The standard InChI is InChI=1S/C51H36BN6O.C51H42N6O.Pt/c1-54-30-31-55(36-54)39-20-14-22-42(32-39)59-43-23-15-21-40(33-43)56(50-28-12-13-29-53-50)41-34-48-51-49(35-41)58(38-18-6-3-7-19-38)47-27-11-9-25-45(47)52(51)44-24-8-10-26-46(44)57(48)37-16-4-2-5-17-37;1-53-32-33-54(39-53)44-26-16-28-49(37-44)58-50-29-17-27-45(38-50)57(51-30-14-15-31-52-51)48-35-46(55(40-18-6-2-7-19-40)41-20-8-3-9-21-41)34-47(36-48)56(42-22-10-4-11-23-42)43-24-12-5-13-25-43;/h2-31,34-36H,1H3;2-38H,39H2,1H3;/q-3;;. The molecule has 574 valence electrons. The Morgan fingerprint density at radius 1 is 0.339 bits per heavy atom. The summed E-state index contributed by atoms with van der Waals surface area (Å²) < 4.78 is 13.1. The molecule has 14 aromatic carbocycles. The fraction of sp³-hybridized carbons (Fsp3) is 0.0294. The van der Waals surface area contributed by atoms with Gasteiger partial charge in [-0.25, -0.2) is 9.97 Å². The van der Waals surface area contributed by atoms with Crippen LogP contribution in [0.5, 0.6) is 23.0 Å². The van der Waals surface area contributed by atoms with Crippen LogP contribution in [0.2, 0.25) is 0 Å². The number of anilines is 20. The van der Waals surface area contributed by atoms with Crippen molar-refractivity contribution in [2.24, 2.45) is 0 Å². The SMILES string of the molecule is CN1C=CN(c2[c-]c(Oc3[c-]c(N(c4cc5c6c(c4)N(c4ccccc4)c4ccccc4B6c4ccccc4N5c4ccccc4)c4ccccn4)ccc3)ccc2)[CH-]1.CN1C=CN(c2cccc(Oc3cccc(N(c4cc(N(c5ccccc5)c5ccccc5)cc(N(c5ccccc5)c5ccccc5)c4)c4ccccn4)c3)c2)C1.[Pt]. The van der Waals surface area contributed by atoms with Crippen LogP contribution >= 0.6 is 0 Å². The Morgan fingerprint density at radius 3 is 1.29 bits per heavy atom. The number of nitrogens with zero attached hydrogens (tertiary/aromatic N) is 12. The predicted octanol–water partition coefficient (Wildman–Crippen LogP) is 23.8. The van der Waals surface area contributed by atoms with Crippen molar-refractivity contribution in [2.45, 2.75) is 0 Å². The Kier molecular flexibility index (Phi) is 21.3. The average molecular weight is 1710 g/mol. The molecule has 0 amide bonds. The van der Waals surface area contributed by atoms with Crippen LogP contribution in [0.15, 0.2) is 419 Å². The molecule has 0 fully saturated rings. The van der Waals surface area contributed by atoms with Crippen LogP contribution in [0.3, 0.4) is 0 Å². The van der Waals surface area contributed by atoms with Gasteiger partial charge in [-0.05, 0) is 200 Å². The van der Waals surface area contributed by atoms with E-state index < -0.39 is 0 Å². The van der Waals surface area contributed by atoms with Crippen molar-refractivity contribution in [3.8, 4) is 23.0 Å². The number of aromatic nitrogens is 2. The first-order valence-corrected chi connectivity index (χ1v) is 39.1. The smallest absolute Gasteiger partial charge is 0.252 e. The summed E-state index contributed by atoms with van der Waals surface area (Å²) in [6.07, 6.45) is 11.8. The summed E-state index contributed by atoms with van der Waals surface area (Å²) in [6, 6.07) is 140. The summed E-state index contributed by atoms with van der Waals surface area (Å²) in [5.74, 6) is 4.15. The van der Waals surface area contributed by atoms with Crippen molar-refractivity contribution in [2.75, 3.05) is 60.0 Å². The van der Waals surface area contributed by atoms with Crippen molar-refractivity contribution in [1.29, 1.82) is 0 Å². The molecule has 0 N–H and O–H groups in total. The molecule has 4 aliphatic rings. The largest absolute Gasteiger partial charge is 0.510 e. The Bertz CT molecular complexity index is 5940. The van der Waals surface area contributed by atoms with E-state index in [-0.39, 0.29) is 27.8 Å². The van der Waals surface area contributed by atoms with Crippen molar-refractivity contribution < 1.29 is 30.5 Å². The van der Waals surface area contributed by atoms with Gasteiger partial charge in [0.2, 0.25) is 0 Å². The van der Waals surface area contributed by atoms with Gasteiger partial charge in [0.25, 0.3) is 6.71 Å². The minimum atomic E-state index is 0. The van der Waals surface area contributed by atoms with E-state index in [4.69, 9.17) is 19.4 Å². The molecule has 0 saturated heterocycles. The number of pyridine rings is 2. The van der Waals surface area contributed by atoms with Gasteiger partial charge in [-0.3, -0.25) is 4.90 Å². The zero-order valence-electron chi connectivity index (χ0n) is 64.7. The second-order valence-corrected chi connectivity index (χ2v) is 28.7. The van der Waals surface area contributed by atoms with Gasteiger partial charge in [-0.2, -0.15) is 18.8 Å². The van der Waals surface area contributed by atoms with Crippen molar-refractivity contribution >= 4 is 137 Å². The second-order valence-electron chi connectivity index (χ2n) is 28.7. The number of para-hydroxylation sites is 8. The van der Waals surface area contributed by atoms with Gasteiger partial charge in [0, 0.05) is 145 Å². The van der Waals surface area contributed by atoms with E-state index in [1.54, 1.807) is 0 Å². The molecule has 0 radical (unpaired) electrons. The van der Waals surface area contributed by atoms with Crippen LogP contribution < -0.4 is 65.1 Å². The summed E-state index contributed by atoms with van der Waals surface area (Å²) in [5.41, 5.74) is 22.1. The predicted molar refractivity (Wildman–Crippen MR) is 480 cm³/mol. The zero-order valence-corrected chi connectivity index (χ0v) is 67.0. The summed E-state index contributed by atoms with van der Waals surface area (Å²) in [6.45, 7) is 2.79. The summed E-state index contributed by atoms with van der Waals surface area (Å²) in [4.78, 5) is 32.0. The van der Waals surface area contributed by atoms with E-state index in [0.717, 1.165) is 126 Å². The molecule has 2 aromatic heterocycles. The molecule has 16 aromatic rings. The first-order chi connectivity index (χ1) is 57.8. The second kappa shape index (κ2) is 33.7. The number of benzene rings is 14. The average Bonchev–Trinajstić information content (AvgIpc) is 0.773. The number of hydrogen-bond donors (Lipinski definition) is 0. The number of ether oxygens (including phenoxy) is 2. The Hall–Kier alpha value is -14.8. The van der Waals surface area contributed by atoms with Gasteiger partial charge in [-0.1, -0.05) is 176 Å². The van der Waals surface area contributed by atoms with E-state index in [1.807, 2.05) is 139 Å². The zero-order chi connectivity index (χ0) is 78.4. The fourth-order valence-corrected chi connectivity index (χ4v) is 15.9. The summed E-state index contributed by atoms with van der Waals surface area (Å²) >= 11 is 0. The Morgan fingerprint density at radius 2 is 0.780 bits per heavy atom. The number of fused-ring (bicyclic) bond motifs is 4. The van der Waals surface area contributed by atoms with E-state index in [1.165, 1.54) is 16.4 Å². The molecule has 14 nitrogen and oxygen atoms in total. The molecule has 4 aliphatic heterocycles. The monoisotopic (exact) mass is 1710 g/mol. The summed E-state index contributed by atoms with van der Waals surface area (Å²) in [5, 5.41) is 0. The normalized spacial score (nSPS) is 12.7. The maximum Gasteiger partial charge on any atom is 0.252 e. The van der Waals surface area contributed by atoms with E-state index >= 15 is 0 Å². The third-order valence-corrected chi connectivity index (χ3v) is 21.0. The van der Waals surface area contributed by atoms with Crippen molar-refractivity contribution in [3.63, 3.8) is 0 Å². The molecule has 0 spiro atoms. The Labute approximate surface area is 703 Å². The quantitative estimate of drug-likeness (QED) is 0.0537. The molecule has 118 heavy (non-hydrogen) atoms. The van der Waals surface area contributed by atoms with E-state index in [0.29, 0.717) is 17.2 Å². The van der Waals surface area contributed by atoms with Gasteiger partial charge >= 0.3 is 0 Å². The van der Waals surface area contributed by atoms with E-state index in [2.05, 4.69) is 362 Å². The van der Waals surface area contributed by atoms with Gasteiger partial charge < -0.3 is 53.6 Å². The van der Waals surface area contributed by atoms with Crippen LogP contribution in [-0.2, 0) is 21.1 Å². The molecule has 0 atom stereocenters. The molecule has 0 saturated carbocycles. The molecule has 16 heteroatoms. The number of rotatable bonds is 20. The Balaban J connectivity index is 0.000000161. The topological polar surface area (TPSA) is 76.6 Å². The van der Waals surface area contributed by atoms with E-state index in [9.17, 15) is 0 Å². The minimum absolute atomic E-state index is 0. The fourth-order valence-electron chi connectivity index (χ4n) is 15.9. The third-order valence-electron chi connectivity index (χ3n) is 21.0. The number of hydrogen-bond acceptors (Lipinski definition) is 14. The first kappa shape index (κ1) is 74.6. The minimum Gasteiger partial charge on any atom is -0.510 e. The molecule has 0 bridgehead atoms. The van der Waals surface area contributed by atoms with Crippen LogP contribution in [-0.4, -0.2) is 47.2 Å². The molecule has 0 aliphatic carbocycles. The first-order valence-electron chi connectivity index (χ1n) is 39.1.